The molecule has 2 N–H and O–H groups in total. The Balaban J connectivity index is 1.98. The first kappa shape index (κ1) is 17.9. The van der Waals surface area contributed by atoms with E-state index in [9.17, 15) is 4.79 Å². The molecule has 0 aliphatic carbocycles. The van der Waals surface area contributed by atoms with Crippen LogP contribution in [0.5, 0.6) is 5.75 Å². The highest BCUT2D eigenvalue weighted by molar-refractivity contribution is 5.76. The topological polar surface area (TPSA) is 55.6 Å². The van der Waals surface area contributed by atoms with Gasteiger partial charge in [0.05, 0.1) is 7.11 Å². The van der Waals surface area contributed by atoms with E-state index in [0.717, 1.165) is 33.7 Å². The lowest BCUT2D eigenvalue weighted by molar-refractivity contribution is -0.130. The Labute approximate surface area is 144 Å². The Morgan fingerprint density at radius 2 is 1.79 bits per heavy atom. The lowest BCUT2D eigenvalue weighted by Gasteiger charge is -2.19. The summed E-state index contributed by atoms with van der Waals surface area (Å²) in [6.07, 6.45) is 1.12. The van der Waals surface area contributed by atoms with Crippen LogP contribution in [0.2, 0.25) is 0 Å². The molecule has 4 heteroatoms. The third-order valence-corrected chi connectivity index (χ3v) is 4.23. The number of rotatable bonds is 6. The Bertz CT molecular complexity index is 702. The van der Waals surface area contributed by atoms with E-state index in [1.54, 1.807) is 12.0 Å². The van der Waals surface area contributed by atoms with Crippen LogP contribution >= 0.6 is 0 Å². The maximum atomic E-state index is 12.4. The minimum Gasteiger partial charge on any atom is -0.496 e. The summed E-state index contributed by atoms with van der Waals surface area (Å²) in [6, 6.07) is 11.8. The number of amides is 1. The van der Waals surface area contributed by atoms with Gasteiger partial charge in [-0.1, -0.05) is 30.3 Å². The van der Waals surface area contributed by atoms with Gasteiger partial charge in [0.15, 0.2) is 0 Å². The summed E-state index contributed by atoms with van der Waals surface area (Å²) >= 11 is 0. The zero-order valence-electron chi connectivity index (χ0n) is 14.9. The van der Waals surface area contributed by atoms with Crippen molar-refractivity contribution in [2.75, 3.05) is 19.9 Å². The van der Waals surface area contributed by atoms with Crippen molar-refractivity contribution in [3.05, 3.63) is 58.7 Å². The van der Waals surface area contributed by atoms with Crippen LogP contribution in [-0.2, 0) is 17.8 Å². The van der Waals surface area contributed by atoms with E-state index in [4.69, 9.17) is 10.5 Å². The molecule has 0 radical (unpaired) electrons. The van der Waals surface area contributed by atoms with Crippen LogP contribution in [0.15, 0.2) is 36.4 Å². The highest BCUT2D eigenvalue weighted by Crippen LogP contribution is 2.25. The van der Waals surface area contributed by atoms with Crippen LogP contribution in [0.4, 0.5) is 5.69 Å². The van der Waals surface area contributed by atoms with Crippen LogP contribution in [-0.4, -0.2) is 25.0 Å². The Morgan fingerprint density at radius 1 is 1.17 bits per heavy atom. The second-order valence-corrected chi connectivity index (χ2v) is 6.21. The summed E-state index contributed by atoms with van der Waals surface area (Å²) in [5.41, 5.74) is 11.0. The molecule has 0 aromatic heterocycles. The molecular formula is C20H26N2O2. The number of aryl methyl sites for hydroxylation is 3. The van der Waals surface area contributed by atoms with Crippen molar-refractivity contribution < 1.29 is 9.53 Å². The van der Waals surface area contributed by atoms with Crippen LogP contribution in [0.3, 0.4) is 0 Å². The summed E-state index contributed by atoms with van der Waals surface area (Å²) < 4.78 is 5.39. The van der Waals surface area contributed by atoms with E-state index in [0.29, 0.717) is 19.4 Å². The lowest BCUT2D eigenvalue weighted by Crippen LogP contribution is -2.26. The number of nitrogen functional groups attached to an aromatic ring is 1. The van der Waals surface area contributed by atoms with Crippen molar-refractivity contribution in [2.24, 2.45) is 0 Å². The quantitative estimate of drug-likeness (QED) is 0.827. The molecule has 0 saturated carbocycles. The van der Waals surface area contributed by atoms with Gasteiger partial charge in [-0.15, -0.1) is 0 Å². The SMILES string of the molecule is COc1c(C)cc(CN(C)C(=O)CCc2ccccc2N)cc1C. The molecule has 0 saturated heterocycles. The molecule has 0 fully saturated rings. The van der Waals surface area contributed by atoms with Gasteiger partial charge in [-0.2, -0.15) is 0 Å². The van der Waals surface area contributed by atoms with Crippen LogP contribution in [0.1, 0.15) is 28.7 Å². The fourth-order valence-corrected chi connectivity index (χ4v) is 3.01. The molecule has 128 valence electrons. The second-order valence-electron chi connectivity index (χ2n) is 6.21. The molecule has 2 aromatic carbocycles. The second kappa shape index (κ2) is 7.86. The van der Waals surface area contributed by atoms with Crippen LogP contribution in [0.25, 0.3) is 0 Å². The molecule has 1 amide bonds. The van der Waals surface area contributed by atoms with Crippen LogP contribution < -0.4 is 10.5 Å². The minimum absolute atomic E-state index is 0.115. The van der Waals surface area contributed by atoms with Gasteiger partial charge in [-0.05, 0) is 48.6 Å². The molecule has 24 heavy (non-hydrogen) atoms. The molecule has 0 bridgehead atoms. The van der Waals surface area contributed by atoms with E-state index in [2.05, 4.69) is 12.1 Å². The first-order chi connectivity index (χ1) is 11.4. The number of hydrogen-bond acceptors (Lipinski definition) is 3. The standard InChI is InChI=1S/C20H26N2O2/c1-14-11-16(12-15(2)20(14)24-4)13-22(3)19(23)10-9-17-7-5-6-8-18(17)21/h5-8,11-12H,9-10,13,21H2,1-4H3. The number of carbonyl (C=O) groups excluding carboxylic acids is 1. The zero-order chi connectivity index (χ0) is 17.7. The van der Waals surface area contributed by atoms with E-state index in [1.165, 1.54) is 0 Å². The first-order valence-electron chi connectivity index (χ1n) is 8.13. The van der Waals surface area contributed by atoms with E-state index < -0.39 is 0 Å². The number of nitrogens with two attached hydrogens (primary N) is 1. The molecule has 4 nitrogen and oxygen atoms in total. The number of para-hydroxylation sites is 1. The van der Waals surface area contributed by atoms with Gasteiger partial charge in [-0.3, -0.25) is 4.79 Å². The molecule has 0 unspecified atom stereocenters. The van der Waals surface area contributed by atoms with Gasteiger partial charge >= 0.3 is 0 Å². The molecule has 2 rings (SSSR count). The van der Waals surface area contributed by atoms with Crippen molar-refractivity contribution in [1.82, 2.24) is 4.90 Å². The number of methoxy groups -OCH3 is 1. The monoisotopic (exact) mass is 326 g/mol. The third kappa shape index (κ3) is 4.28. The molecule has 2 aromatic rings. The van der Waals surface area contributed by atoms with Gasteiger partial charge in [0, 0.05) is 25.7 Å². The number of carbonyl (C=O) groups is 1. The maximum Gasteiger partial charge on any atom is 0.222 e. The van der Waals surface area contributed by atoms with Gasteiger partial charge in [-0.25, -0.2) is 0 Å². The summed E-state index contributed by atoms with van der Waals surface area (Å²) in [4.78, 5) is 14.1. The van der Waals surface area contributed by atoms with E-state index in [-0.39, 0.29) is 5.91 Å². The van der Waals surface area contributed by atoms with Crippen molar-refractivity contribution in [3.8, 4) is 5.75 Å². The molecule has 0 aliphatic rings. The van der Waals surface area contributed by atoms with Crippen molar-refractivity contribution in [2.45, 2.75) is 33.2 Å². The summed E-state index contributed by atoms with van der Waals surface area (Å²) in [5.74, 6) is 1.02. The zero-order valence-corrected chi connectivity index (χ0v) is 14.9. The smallest absolute Gasteiger partial charge is 0.222 e. The van der Waals surface area contributed by atoms with Gasteiger partial charge in [0.1, 0.15) is 5.75 Å². The maximum absolute atomic E-state index is 12.4. The first-order valence-corrected chi connectivity index (χ1v) is 8.13. The molecule has 0 aliphatic heterocycles. The summed E-state index contributed by atoms with van der Waals surface area (Å²) in [7, 11) is 3.52. The fraction of sp³-hybridized carbons (Fsp3) is 0.350. The van der Waals surface area contributed by atoms with Crippen LogP contribution in [0, 0.1) is 13.8 Å². The van der Waals surface area contributed by atoms with Gasteiger partial charge in [0.25, 0.3) is 0 Å². The number of anilines is 1. The highest BCUT2D eigenvalue weighted by atomic mass is 16.5. The Kier molecular flexibility index (Phi) is 5.85. The summed E-state index contributed by atoms with van der Waals surface area (Å²) in [6.45, 7) is 4.64. The normalized spacial score (nSPS) is 10.5. The number of nitrogens with zero attached hydrogens (tertiary/aromatic N) is 1. The van der Waals surface area contributed by atoms with Crippen molar-refractivity contribution in [3.63, 3.8) is 0 Å². The average Bonchev–Trinajstić information content (AvgIpc) is 2.53. The van der Waals surface area contributed by atoms with Crippen molar-refractivity contribution in [1.29, 1.82) is 0 Å². The predicted octanol–water partition coefficient (Wildman–Crippen LogP) is 3.49. The predicted molar refractivity (Wildman–Crippen MR) is 98.1 cm³/mol. The molecular weight excluding hydrogens is 300 g/mol. The highest BCUT2D eigenvalue weighted by Gasteiger charge is 2.12. The van der Waals surface area contributed by atoms with Gasteiger partial charge < -0.3 is 15.4 Å². The Morgan fingerprint density at radius 3 is 2.38 bits per heavy atom. The van der Waals surface area contributed by atoms with Crippen molar-refractivity contribution >= 4 is 11.6 Å². The van der Waals surface area contributed by atoms with E-state index >= 15 is 0 Å². The number of hydrogen-bond donors (Lipinski definition) is 1. The fourth-order valence-electron chi connectivity index (χ4n) is 3.01. The van der Waals surface area contributed by atoms with Gasteiger partial charge in [0.2, 0.25) is 5.91 Å². The largest absolute Gasteiger partial charge is 0.496 e. The molecule has 0 spiro atoms. The number of benzene rings is 2. The number of ether oxygens (including phenoxy) is 1. The summed E-state index contributed by atoms with van der Waals surface area (Å²) in [5, 5.41) is 0. The molecule has 0 heterocycles. The molecule has 0 atom stereocenters. The average molecular weight is 326 g/mol. The van der Waals surface area contributed by atoms with E-state index in [1.807, 2.05) is 45.2 Å². The Hall–Kier alpha value is -2.49. The minimum atomic E-state index is 0.115. The third-order valence-electron chi connectivity index (χ3n) is 4.23. The lowest BCUT2D eigenvalue weighted by atomic mass is 10.0.